The van der Waals surface area contributed by atoms with E-state index in [2.05, 4.69) is 23.3 Å². The second kappa shape index (κ2) is 8.05. The molecule has 1 N–H and O–H groups in total. The molecule has 0 aliphatic rings. The quantitative estimate of drug-likeness (QED) is 0.626. The van der Waals surface area contributed by atoms with E-state index in [1.54, 1.807) is 7.11 Å². The minimum absolute atomic E-state index is 0.0710. The molecule has 26 heavy (non-hydrogen) atoms. The molecule has 3 aromatic rings. The van der Waals surface area contributed by atoms with E-state index in [9.17, 15) is 4.79 Å². The lowest BCUT2D eigenvalue weighted by atomic mass is 10.1. The largest absolute Gasteiger partial charge is 0.497 e. The zero-order valence-electron chi connectivity index (χ0n) is 15.3. The Kier molecular flexibility index (Phi) is 5.78. The fourth-order valence-corrected chi connectivity index (χ4v) is 4.22. The first-order valence-electron chi connectivity index (χ1n) is 8.34. The number of ether oxygens (including phenoxy) is 1. The van der Waals surface area contributed by atoms with E-state index in [0.717, 1.165) is 44.2 Å². The molecule has 1 amide bonds. The Morgan fingerprint density at radius 1 is 1.27 bits per heavy atom. The molecule has 0 saturated heterocycles. The number of nitrogens with zero attached hydrogens (tertiary/aromatic N) is 2. The molecule has 0 aliphatic carbocycles. The highest BCUT2D eigenvalue weighted by atomic mass is 32.2. The molecular weight excluding hydrogens is 366 g/mol. The normalized spacial score (nSPS) is 10.9. The van der Waals surface area contributed by atoms with Crippen molar-refractivity contribution >= 4 is 45.0 Å². The van der Waals surface area contributed by atoms with Crippen molar-refractivity contribution in [3.8, 4) is 5.75 Å². The number of methoxy groups -OCH3 is 1. The minimum atomic E-state index is -0.0710. The van der Waals surface area contributed by atoms with Crippen molar-refractivity contribution in [3.05, 3.63) is 40.4 Å². The number of benzene rings is 1. The Morgan fingerprint density at radius 3 is 2.73 bits per heavy atom. The first-order valence-corrected chi connectivity index (χ1v) is 10.1. The monoisotopic (exact) mass is 387 g/mol. The van der Waals surface area contributed by atoms with Gasteiger partial charge in [0.1, 0.15) is 10.8 Å². The van der Waals surface area contributed by atoms with Gasteiger partial charge < -0.3 is 10.1 Å². The number of anilines is 1. The molecule has 0 atom stereocenters. The number of pyridine rings is 1. The van der Waals surface area contributed by atoms with E-state index in [1.807, 2.05) is 32.0 Å². The number of thiazole rings is 1. The van der Waals surface area contributed by atoms with Crippen LogP contribution in [0.3, 0.4) is 0 Å². The molecule has 0 bridgehead atoms. The van der Waals surface area contributed by atoms with Crippen LogP contribution in [0.15, 0.2) is 29.3 Å². The Morgan fingerprint density at radius 2 is 2.08 bits per heavy atom. The molecule has 0 saturated carbocycles. The highest BCUT2D eigenvalue weighted by Crippen LogP contribution is 2.28. The standard InChI is InChI=1S/C19H21N3O2S2/c1-5-13-8-14-6-7-15(24-4)9-16(14)21-18(13)25-10-17(23)22-19-20-11(2)12(3)26-19/h6-9H,5,10H2,1-4H3,(H,20,22,23). The molecule has 2 aromatic heterocycles. The number of amides is 1. The SMILES string of the molecule is CCc1cc2ccc(OC)cc2nc1SCC(=O)Nc1nc(C)c(C)s1. The first kappa shape index (κ1) is 18.7. The number of fused-ring (bicyclic) bond motifs is 1. The van der Waals surface area contributed by atoms with E-state index >= 15 is 0 Å². The smallest absolute Gasteiger partial charge is 0.236 e. The van der Waals surface area contributed by atoms with Crippen LogP contribution in [0.5, 0.6) is 5.75 Å². The maximum atomic E-state index is 12.3. The Balaban J connectivity index is 1.75. The average Bonchev–Trinajstić information content (AvgIpc) is 2.95. The number of hydrogen-bond donors (Lipinski definition) is 1. The van der Waals surface area contributed by atoms with Gasteiger partial charge in [-0.15, -0.1) is 11.3 Å². The van der Waals surface area contributed by atoms with Gasteiger partial charge in [-0.25, -0.2) is 9.97 Å². The van der Waals surface area contributed by atoms with Crippen LogP contribution in [0.2, 0.25) is 0 Å². The van der Waals surface area contributed by atoms with E-state index in [1.165, 1.54) is 23.1 Å². The molecule has 0 fully saturated rings. The molecule has 0 spiro atoms. The maximum Gasteiger partial charge on any atom is 0.236 e. The summed E-state index contributed by atoms with van der Waals surface area (Å²) in [7, 11) is 1.64. The number of hydrogen-bond acceptors (Lipinski definition) is 6. The lowest BCUT2D eigenvalue weighted by Gasteiger charge is -2.10. The zero-order chi connectivity index (χ0) is 18.7. The minimum Gasteiger partial charge on any atom is -0.497 e. The van der Waals surface area contributed by atoms with Crippen molar-refractivity contribution in [3.63, 3.8) is 0 Å². The number of nitrogens with one attached hydrogen (secondary N) is 1. The summed E-state index contributed by atoms with van der Waals surface area (Å²) in [5.74, 6) is 1.00. The molecule has 1 aromatic carbocycles. The van der Waals surface area contributed by atoms with Gasteiger partial charge in [0.05, 0.1) is 24.1 Å². The number of rotatable bonds is 6. The van der Waals surface area contributed by atoms with Crippen LogP contribution < -0.4 is 10.1 Å². The Bertz CT molecular complexity index is 934. The fraction of sp³-hybridized carbons (Fsp3) is 0.316. The van der Waals surface area contributed by atoms with E-state index in [0.29, 0.717) is 10.9 Å². The molecule has 0 unspecified atom stereocenters. The Labute approximate surface area is 161 Å². The zero-order valence-corrected chi connectivity index (χ0v) is 16.9. The average molecular weight is 388 g/mol. The van der Waals surface area contributed by atoms with Crippen LogP contribution in [0.25, 0.3) is 10.9 Å². The number of carbonyl (C=O) groups excluding carboxylic acids is 1. The lowest BCUT2D eigenvalue weighted by molar-refractivity contribution is -0.113. The topological polar surface area (TPSA) is 64.1 Å². The molecule has 136 valence electrons. The van der Waals surface area contributed by atoms with Gasteiger partial charge in [0, 0.05) is 16.3 Å². The van der Waals surface area contributed by atoms with Gasteiger partial charge in [0.25, 0.3) is 0 Å². The second-order valence-electron chi connectivity index (χ2n) is 5.86. The summed E-state index contributed by atoms with van der Waals surface area (Å²) in [5.41, 5.74) is 2.97. The van der Waals surface area contributed by atoms with Gasteiger partial charge in [-0.05, 0) is 44.0 Å². The third-order valence-electron chi connectivity index (χ3n) is 4.06. The molecule has 7 heteroatoms. The van der Waals surface area contributed by atoms with E-state index in [4.69, 9.17) is 9.72 Å². The summed E-state index contributed by atoms with van der Waals surface area (Å²) in [6.07, 6.45) is 0.865. The number of thioether (sulfide) groups is 1. The predicted octanol–water partition coefficient (Wildman–Crippen LogP) is 4.61. The van der Waals surface area contributed by atoms with Crippen molar-refractivity contribution in [2.24, 2.45) is 0 Å². The third-order valence-corrected chi connectivity index (χ3v) is 6.08. The van der Waals surface area contributed by atoms with E-state index < -0.39 is 0 Å². The molecular formula is C19H21N3O2S2. The van der Waals surface area contributed by atoms with Crippen LogP contribution >= 0.6 is 23.1 Å². The summed E-state index contributed by atoms with van der Waals surface area (Å²) in [4.78, 5) is 22.5. The van der Waals surface area contributed by atoms with Gasteiger partial charge in [0.2, 0.25) is 5.91 Å². The summed E-state index contributed by atoms with van der Waals surface area (Å²) in [5, 5.41) is 5.48. The van der Waals surface area contributed by atoms with Gasteiger partial charge >= 0.3 is 0 Å². The van der Waals surface area contributed by atoms with Gasteiger partial charge in [0.15, 0.2) is 5.13 Å². The van der Waals surface area contributed by atoms with Crippen LogP contribution in [0.4, 0.5) is 5.13 Å². The Hall–Kier alpha value is -2.12. The number of aromatic nitrogens is 2. The summed E-state index contributed by atoms with van der Waals surface area (Å²) >= 11 is 2.95. The van der Waals surface area contributed by atoms with Crippen LogP contribution in [0.1, 0.15) is 23.1 Å². The molecule has 3 rings (SSSR count). The van der Waals surface area contributed by atoms with Crippen LogP contribution in [0, 0.1) is 13.8 Å². The summed E-state index contributed by atoms with van der Waals surface area (Å²) < 4.78 is 5.28. The van der Waals surface area contributed by atoms with Crippen LogP contribution in [-0.4, -0.2) is 28.7 Å². The van der Waals surface area contributed by atoms with Crippen molar-refractivity contribution in [1.29, 1.82) is 0 Å². The molecule has 0 aliphatic heterocycles. The van der Waals surface area contributed by atoms with Crippen molar-refractivity contribution in [2.45, 2.75) is 32.2 Å². The van der Waals surface area contributed by atoms with Gasteiger partial charge in [-0.1, -0.05) is 18.7 Å². The van der Waals surface area contributed by atoms with Crippen molar-refractivity contribution < 1.29 is 9.53 Å². The van der Waals surface area contributed by atoms with Crippen LogP contribution in [-0.2, 0) is 11.2 Å². The first-order chi connectivity index (χ1) is 12.5. The van der Waals surface area contributed by atoms with E-state index in [-0.39, 0.29) is 5.91 Å². The summed E-state index contributed by atoms with van der Waals surface area (Å²) in [6, 6.07) is 7.99. The molecule has 5 nitrogen and oxygen atoms in total. The molecule has 0 radical (unpaired) electrons. The third kappa shape index (κ3) is 4.16. The van der Waals surface area contributed by atoms with Crippen molar-refractivity contribution in [1.82, 2.24) is 9.97 Å². The predicted molar refractivity (Wildman–Crippen MR) is 109 cm³/mol. The van der Waals surface area contributed by atoms with Gasteiger partial charge in [-0.2, -0.15) is 0 Å². The number of aryl methyl sites for hydroxylation is 3. The fourth-order valence-electron chi connectivity index (χ4n) is 2.49. The van der Waals surface area contributed by atoms with Crippen molar-refractivity contribution in [2.75, 3.05) is 18.2 Å². The lowest BCUT2D eigenvalue weighted by Crippen LogP contribution is -2.14. The highest BCUT2D eigenvalue weighted by molar-refractivity contribution is 8.00. The maximum absolute atomic E-state index is 12.3. The molecule has 2 heterocycles. The van der Waals surface area contributed by atoms with Gasteiger partial charge in [-0.3, -0.25) is 4.79 Å². The summed E-state index contributed by atoms with van der Waals surface area (Å²) in [6.45, 7) is 6.03. The second-order valence-corrected chi connectivity index (χ2v) is 8.03. The number of carbonyl (C=O) groups is 1. The highest BCUT2D eigenvalue weighted by Gasteiger charge is 2.12.